The predicted molar refractivity (Wildman–Crippen MR) is 161 cm³/mol. The molecule has 228 valence electrons. The van der Waals surface area contributed by atoms with Gasteiger partial charge in [0.25, 0.3) is 0 Å². The van der Waals surface area contributed by atoms with Crippen molar-refractivity contribution in [2.45, 2.75) is 130 Å². The maximum Gasteiger partial charge on any atom is 0.416 e. The lowest BCUT2D eigenvalue weighted by molar-refractivity contribution is -0.137. The molecular formula is C35H50F3NO2. The second-order valence-electron chi connectivity index (χ2n) is 13.2. The zero-order valence-corrected chi connectivity index (χ0v) is 26.1. The van der Waals surface area contributed by atoms with E-state index in [0.717, 1.165) is 72.7 Å². The molecule has 5 rings (SSSR count). The van der Waals surface area contributed by atoms with Gasteiger partial charge in [-0.3, -0.25) is 4.98 Å². The van der Waals surface area contributed by atoms with Gasteiger partial charge in [-0.1, -0.05) is 72.9 Å². The summed E-state index contributed by atoms with van der Waals surface area (Å²) in [5.41, 5.74) is 4.38. The number of alkyl halides is 3. The largest absolute Gasteiger partial charge is 0.416 e. The van der Waals surface area contributed by atoms with Crippen LogP contribution >= 0.6 is 0 Å². The van der Waals surface area contributed by atoms with Gasteiger partial charge in [0.05, 0.1) is 17.4 Å². The second kappa shape index (κ2) is 13.0. The molecule has 0 radical (unpaired) electrons. The summed E-state index contributed by atoms with van der Waals surface area (Å²) in [4.78, 5) is 5.16. The molecule has 41 heavy (non-hydrogen) atoms. The highest BCUT2D eigenvalue weighted by Crippen LogP contribution is 2.55. The standard InChI is InChI=1S/C28H34F3NO2.C5H12.C2H4/c1-5-27(4)25-23(24(34-27)17-10-12-18(13-11-17)28(29,30)31)21(16-8-6-7-9-16)22-19(32-25)14-26(2,3)15-20(22)33;1-4-5(2)3;1-2/h10-13,16,20,24,33H,5-9,14-15H2,1-4H3;5H,4H2,1-3H3;1-2H2. The third kappa shape index (κ3) is 7.07. The highest BCUT2D eigenvalue weighted by atomic mass is 19.4. The predicted octanol–water partition coefficient (Wildman–Crippen LogP) is 10.4. The summed E-state index contributed by atoms with van der Waals surface area (Å²) in [6, 6.07) is 5.35. The first-order chi connectivity index (χ1) is 19.2. The average molecular weight is 574 g/mol. The molecule has 3 nitrogen and oxygen atoms in total. The molecule has 1 saturated carbocycles. The smallest absolute Gasteiger partial charge is 0.388 e. The number of pyridine rings is 1. The van der Waals surface area contributed by atoms with Crippen LogP contribution in [0.5, 0.6) is 0 Å². The maximum absolute atomic E-state index is 13.2. The van der Waals surface area contributed by atoms with Crippen molar-refractivity contribution in [3.63, 3.8) is 0 Å². The summed E-state index contributed by atoms with van der Waals surface area (Å²) >= 11 is 0. The Morgan fingerprint density at radius 3 is 2.05 bits per heavy atom. The van der Waals surface area contributed by atoms with E-state index in [0.29, 0.717) is 24.3 Å². The Morgan fingerprint density at radius 1 is 1.00 bits per heavy atom. The topological polar surface area (TPSA) is 42.4 Å². The van der Waals surface area contributed by atoms with E-state index in [1.165, 1.54) is 24.1 Å². The Kier molecular flexibility index (Phi) is 10.6. The van der Waals surface area contributed by atoms with Gasteiger partial charge in [0.1, 0.15) is 11.7 Å². The summed E-state index contributed by atoms with van der Waals surface area (Å²) in [5, 5.41) is 11.3. The molecule has 0 spiro atoms. The SMILES string of the molecule is C=C.CCC(C)C.CCC1(C)OC(c2ccc(C(F)(F)F)cc2)c2c1nc1c(c2C2CCCC2)C(O)CC(C)(C)C1. The minimum atomic E-state index is -4.38. The molecule has 1 fully saturated rings. The van der Waals surface area contributed by atoms with Crippen molar-refractivity contribution in [2.24, 2.45) is 11.3 Å². The number of rotatable bonds is 4. The summed E-state index contributed by atoms with van der Waals surface area (Å²) < 4.78 is 46.3. The average Bonchev–Trinajstić information content (AvgIpc) is 3.55. The Hall–Kier alpha value is -2.18. The summed E-state index contributed by atoms with van der Waals surface area (Å²) in [6.45, 7) is 21.1. The van der Waals surface area contributed by atoms with Crippen molar-refractivity contribution in [3.05, 3.63) is 76.6 Å². The minimum absolute atomic E-state index is 0.0461. The number of aromatic nitrogens is 1. The third-order valence-corrected chi connectivity index (χ3v) is 9.05. The van der Waals surface area contributed by atoms with Gasteiger partial charge in [-0.2, -0.15) is 13.2 Å². The fourth-order valence-electron chi connectivity index (χ4n) is 6.37. The third-order valence-electron chi connectivity index (χ3n) is 9.05. The summed E-state index contributed by atoms with van der Waals surface area (Å²) in [6.07, 6.45) is 2.45. The quantitative estimate of drug-likeness (QED) is 0.370. The molecule has 2 aromatic rings. The highest BCUT2D eigenvalue weighted by molar-refractivity contribution is 5.53. The van der Waals surface area contributed by atoms with Gasteiger partial charge in [0.2, 0.25) is 0 Å². The van der Waals surface area contributed by atoms with Gasteiger partial charge >= 0.3 is 6.18 Å². The van der Waals surface area contributed by atoms with Crippen LogP contribution in [0.2, 0.25) is 0 Å². The Morgan fingerprint density at radius 2 is 1.56 bits per heavy atom. The molecule has 1 N–H and O–H groups in total. The van der Waals surface area contributed by atoms with Crippen LogP contribution in [-0.2, 0) is 22.9 Å². The zero-order valence-electron chi connectivity index (χ0n) is 26.1. The summed E-state index contributed by atoms with van der Waals surface area (Å²) in [5.74, 6) is 1.20. The van der Waals surface area contributed by atoms with Gasteiger partial charge in [-0.15, -0.1) is 13.2 Å². The fraction of sp³-hybridized carbons (Fsp3) is 0.629. The van der Waals surface area contributed by atoms with Gasteiger partial charge in [0, 0.05) is 16.8 Å². The van der Waals surface area contributed by atoms with Gasteiger partial charge in [-0.05, 0) is 79.5 Å². The van der Waals surface area contributed by atoms with E-state index in [2.05, 4.69) is 54.7 Å². The number of fused-ring (bicyclic) bond motifs is 2. The van der Waals surface area contributed by atoms with E-state index >= 15 is 0 Å². The van der Waals surface area contributed by atoms with Crippen molar-refractivity contribution in [1.29, 1.82) is 0 Å². The lowest BCUT2D eigenvalue weighted by atomic mass is 9.70. The lowest BCUT2D eigenvalue weighted by Gasteiger charge is -2.37. The molecule has 3 aliphatic rings. The normalized spacial score (nSPS) is 25.1. The number of aliphatic hydroxyl groups is 1. The van der Waals surface area contributed by atoms with Gasteiger partial charge in [0.15, 0.2) is 0 Å². The van der Waals surface area contributed by atoms with Crippen LogP contribution in [0.3, 0.4) is 0 Å². The van der Waals surface area contributed by atoms with Crippen LogP contribution in [0.15, 0.2) is 37.4 Å². The van der Waals surface area contributed by atoms with Crippen molar-refractivity contribution >= 4 is 0 Å². The van der Waals surface area contributed by atoms with Crippen LogP contribution < -0.4 is 0 Å². The maximum atomic E-state index is 13.2. The summed E-state index contributed by atoms with van der Waals surface area (Å²) in [7, 11) is 0. The van der Waals surface area contributed by atoms with Crippen molar-refractivity contribution in [2.75, 3.05) is 0 Å². The molecule has 2 aliphatic carbocycles. The van der Waals surface area contributed by atoms with Crippen LogP contribution in [-0.4, -0.2) is 10.1 Å². The van der Waals surface area contributed by atoms with E-state index in [1.54, 1.807) is 0 Å². The monoisotopic (exact) mass is 573 g/mol. The molecule has 0 amide bonds. The Balaban J connectivity index is 0.000000598. The Labute approximate surface area is 245 Å². The van der Waals surface area contributed by atoms with E-state index in [4.69, 9.17) is 9.72 Å². The number of hydrogen-bond acceptors (Lipinski definition) is 3. The molecule has 1 aliphatic heterocycles. The van der Waals surface area contributed by atoms with E-state index in [1.807, 2.05) is 6.92 Å². The molecule has 0 bridgehead atoms. The van der Waals surface area contributed by atoms with Gasteiger partial charge in [-0.25, -0.2) is 0 Å². The highest BCUT2D eigenvalue weighted by Gasteiger charge is 2.48. The van der Waals surface area contributed by atoms with E-state index in [9.17, 15) is 18.3 Å². The molecular weight excluding hydrogens is 523 g/mol. The number of nitrogens with zero attached hydrogens (tertiary/aromatic N) is 1. The lowest BCUT2D eigenvalue weighted by Crippen LogP contribution is -2.30. The minimum Gasteiger partial charge on any atom is -0.388 e. The molecule has 1 aromatic carbocycles. The number of ether oxygens (including phenoxy) is 1. The van der Waals surface area contributed by atoms with Crippen LogP contribution in [0.4, 0.5) is 13.2 Å². The van der Waals surface area contributed by atoms with Crippen molar-refractivity contribution in [1.82, 2.24) is 4.98 Å². The number of aliphatic hydroxyl groups excluding tert-OH is 1. The van der Waals surface area contributed by atoms with Crippen LogP contribution in [0, 0.1) is 11.3 Å². The molecule has 6 heteroatoms. The molecule has 1 aromatic heterocycles. The fourth-order valence-corrected chi connectivity index (χ4v) is 6.37. The zero-order chi connectivity index (χ0) is 30.8. The van der Waals surface area contributed by atoms with E-state index in [-0.39, 0.29) is 5.41 Å². The molecule has 3 unspecified atom stereocenters. The van der Waals surface area contributed by atoms with Crippen LogP contribution in [0.25, 0.3) is 0 Å². The van der Waals surface area contributed by atoms with E-state index < -0.39 is 29.5 Å². The number of hydrogen-bond donors (Lipinski definition) is 1. The van der Waals surface area contributed by atoms with Crippen molar-refractivity contribution < 1.29 is 23.0 Å². The first kappa shape index (κ1) is 33.3. The number of benzene rings is 1. The van der Waals surface area contributed by atoms with Crippen molar-refractivity contribution in [3.8, 4) is 0 Å². The Bertz CT molecular complexity index is 1170. The first-order valence-corrected chi connectivity index (χ1v) is 15.3. The molecule has 3 atom stereocenters. The van der Waals surface area contributed by atoms with Crippen LogP contribution in [0.1, 0.15) is 151 Å². The molecule has 0 saturated heterocycles. The second-order valence-corrected chi connectivity index (χ2v) is 13.2. The molecule has 2 heterocycles. The first-order valence-electron chi connectivity index (χ1n) is 15.3. The number of halogens is 3. The van der Waals surface area contributed by atoms with Gasteiger partial charge < -0.3 is 9.84 Å².